The molecule has 0 saturated carbocycles. The fourth-order valence-electron chi connectivity index (χ4n) is 3.01. The van der Waals surface area contributed by atoms with E-state index >= 15 is 0 Å². The fourth-order valence-corrected chi connectivity index (χ4v) is 3.13. The van der Waals surface area contributed by atoms with Gasteiger partial charge in [0.25, 0.3) is 5.91 Å². The summed E-state index contributed by atoms with van der Waals surface area (Å²) in [7, 11) is 0. The molecule has 114 valence electrons. The number of carbonyl (C=O) groups is 1. The lowest BCUT2D eigenvalue weighted by Crippen LogP contribution is -2.56. The van der Waals surface area contributed by atoms with Gasteiger partial charge in [-0.1, -0.05) is 42.8 Å². The van der Waals surface area contributed by atoms with Crippen LogP contribution in [0.4, 0.5) is 5.69 Å². The third kappa shape index (κ3) is 2.35. The second kappa shape index (κ2) is 5.65. The van der Waals surface area contributed by atoms with Gasteiger partial charge in [0.2, 0.25) is 0 Å². The lowest BCUT2D eigenvalue weighted by molar-refractivity contribution is 0.0535. The van der Waals surface area contributed by atoms with Crippen LogP contribution in [0.3, 0.4) is 0 Å². The molecule has 1 amide bonds. The van der Waals surface area contributed by atoms with Crippen LogP contribution in [-0.4, -0.2) is 17.4 Å². The molecule has 0 spiro atoms. The van der Waals surface area contributed by atoms with Crippen LogP contribution in [0, 0.1) is 0 Å². The fraction of sp³-hybridized carbons (Fsp3) is 0.278. The Labute approximate surface area is 135 Å². The molecule has 3 nitrogen and oxygen atoms in total. The maximum atomic E-state index is 12.9. The maximum Gasteiger partial charge on any atom is 0.258 e. The minimum atomic E-state index is -0.577. The number of hydrogen-bond acceptors (Lipinski definition) is 2. The van der Waals surface area contributed by atoms with Gasteiger partial charge in [-0.05, 0) is 43.2 Å². The molecule has 0 aromatic heterocycles. The minimum absolute atomic E-state index is 0.0636. The molecule has 1 unspecified atom stereocenters. The summed E-state index contributed by atoms with van der Waals surface area (Å²) in [6.07, 6.45) is 0.902. The van der Waals surface area contributed by atoms with Crippen LogP contribution in [0.15, 0.2) is 48.5 Å². The van der Waals surface area contributed by atoms with Crippen molar-refractivity contribution in [2.24, 2.45) is 0 Å². The summed E-state index contributed by atoms with van der Waals surface area (Å²) < 4.78 is 0. The average Bonchev–Trinajstić information content (AvgIpc) is 2.52. The van der Waals surface area contributed by atoms with Gasteiger partial charge in [-0.2, -0.15) is 0 Å². The van der Waals surface area contributed by atoms with Crippen molar-refractivity contribution in [3.05, 3.63) is 64.7 Å². The Kier molecular flexibility index (Phi) is 3.83. The number of carbonyl (C=O) groups excluding carboxylic acids is 1. The van der Waals surface area contributed by atoms with Crippen LogP contribution in [0.2, 0.25) is 5.02 Å². The van der Waals surface area contributed by atoms with Crippen LogP contribution < -0.4 is 5.32 Å². The molecule has 3 rings (SSSR count). The average molecular weight is 315 g/mol. The van der Waals surface area contributed by atoms with Crippen LogP contribution in [0.25, 0.3) is 0 Å². The summed E-state index contributed by atoms with van der Waals surface area (Å²) in [4.78, 5) is 14.8. The zero-order chi connectivity index (χ0) is 15.7. The number of benzene rings is 2. The summed E-state index contributed by atoms with van der Waals surface area (Å²) in [5.41, 5.74) is 2.04. The SMILES string of the molecule is CCCN1C(=O)c2ccccc2NC1(C)c1ccc(Cl)cc1. The summed E-state index contributed by atoms with van der Waals surface area (Å²) in [6, 6.07) is 15.3. The van der Waals surface area contributed by atoms with Crippen molar-refractivity contribution in [3.63, 3.8) is 0 Å². The second-order valence-electron chi connectivity index (χ2n) is 5.71. The van der Waals surface area contributed by atoms with E-state index in [0.29, 0.717) is 11.6 Å². The highest BCUT2D eigenvalue weighted by atomic mass is 35.5. The summed E-state index contributed by atoms with van der Waals surface area (Å²) >= 11 is 6.00. The molecule has 0 bridgehead atoms. The molecule has 1 N–H and O–H groups in total. The largest absolute Gasteiger partial charge is 0.358 e. The molecule has 0 radical (unpaired) electrons. The van der Waals surface area contributed by atoms with Crippen molar-refractivity contribution in [1.82, 2.24) is 4.90 Å². The highest BCUT2D eigenvalue weighted by Crippen LogP contribution is 2.38. The van der Waals surface area contributed by atoms with Crippen LogP contribution >= 0.6 is 11.6 Å². The molecule has 1 aliphatic rings. The standard InChI is InChI=1S/C18H19ClN2O/c1-3-12-21-17(22)15-6-4-5-7-16(15)20-18(21,2)13-8-10-14(19)11-9-13/h4-11,20H,3,12H2,1-2H3. The summed E-state index contributed by atoms with van der Waals surface area (Å²) in [5.74, 6) is 0.0636. The van der Waals surface area contributed by atoms with E-state index in [0.717, 1.165) is 23.2 Å². The third-order valence-corrected chi connectivity index (χ3v) is 4.43. The molecular weight excluding hydrogens is 296 g/mol. The van der Waals surface area contributed by atoms with Crippen LogP contribution in [0.5, 0.6) is 0 Å². The number of amides is 1. The van der Waals surface area contributed by atoms with Gasteiger partial charge in [0.15, 0.2) is 0 Å². The third-order valence-electron chi connectivity index (χ3n) is 4.17. The number of halogens is 1. The Hall–Kier alpha value is -2.00. The van der Waals surface area contributed by atoms with E-state index in [1.807, 2.05) is 60.4 Å². The number of para-hydroxylation sites is 1. The predicted octanol–water partition coefficient (Wildman–Crippen LogP) is 4.49. The summed E-state index contributed by atoms with van der Waals surface area (Å²) in [6.45, 7) is 4.81. The van der Waals surface area contributed by atoms with Crippen LogP contribution in [0.1, 0.15) is 36.2 Å². The number of fused-ring (bicyclic) bond motifs is 1. The van der Waals surface area contributed by atoms with Gasteiger partial charge in [-0.15, -0.1) is 0 Å². The van der Waals surface area contributed by atoms with Gasteiger partial charge in [-0.3, -0.25) is 4.79 Å². The molecule has 1 aliphatic heterocycles. The number of rotatable bonds is 3. The summed E-state index contributed by atoms with van der Waals surface area (Å²) in [5, 5.41) is 4.23. The lowest BCUT2D eigenvalue weighted by atomic mass is 9.93. The number of anilines is 1. The first-order valence-electron chi connectivity index (χ1n) is 7.51. The molecular formula is C18H19ClN2O. The number of nitrogens with zero attached hydrogens (tertiary/aromatic N) is 1. The van der Waals surface area contributed by atoms with Gasteiger partial charge in [0.05, 0.1) is 5.56 Å². The smallest absolute Gasteiger partial charge is 0.258 e. The number of nitrogens with one attached hydrogen (secondary N) is 1. The van der Waals surface area contributed by atoms with Gasteiger partial charge in [0, 0.05) is 17.3 Å². The quantitative estimate of drug-likeness (QED) is 0.905. The Morgan fingerprint density at radius 2 is 1.82 bits per heavy atom. The Bertz CT molecular complexity index is 698. The monoisotopic (exact) mass is 314 g/mol. The van der Waals surface area contributed by atoms with E-state index in [-0.39, 0.29) is 5.91 Å². The highest BCUT2D eigenvalue weighted by molar-refractivity contribution is 6.30. The molecule has 0 saturated heterocycles. The molecule has 1 heterocycles. The van der Waals surface area contributed by atoms with Crippen molar-refractivity contribution in [2.75, 3.05) is 11.9 Å². The Morgan fingerprint density at radius 1 is 1.14 bits per heavy atom. The van der Waals surface area contributed by atoms with E-state index in [9.17, 15) is 4.79 Å². The molecule has 22 heavy (non-hydrogen) atoms. The van der Waals surface area contributed by atoms with E-state index in [2.05, 4.69) is 12.2 Å². The zero-order valence-electron chi connectivity index (χ0n) is 12.8. The van der Waals surface area contributed by atoms with Gasteiger partial charge in [0.1, 0.15) is 5.66 Å². The second-order valence-corrected chi connectivity index (χ2v) is 6.14. The molecule has 2 aromatic carbocycles. The zero-order valence-corrected chi connectivity index (χ0v) is 13.5. The molecule has 0 fully saturated rings. The Balaban J connectivity index is 2.12. The first kappa shape index (κ1) is 14.9. The Morgan fingerprint density at radius 3 is 2.50 bits per heavy atom. The molecule has 4 heteroatoms. The van der Waals surface area contributed by atoms with Crippen molar-refractivity contribution in [3.8, 4) is 0 Å². The first-order chi connectivity index (χ1) is 10.6. The van der Waals surface area contributed by atoms with Crippen molar-refractivity contribution >= 4 is 23.2 Å². The van der Waals surface area contributed by atoms with Gasteiger partial charge >= 0.3 is 0 Å². The van der Waals surface area contributed by atoms with Gasteiger partial charge in [-0.25, -0.2) is 0 Å². The topological polar surface area (TPSA) is 32.3 Å². The normalized spacial score (nSPS) is 20.5. The van der Waals surface area contributed by atoms with E-state index in [4.69, 9.17) is 11.6 Å². The lowest BCUT2D eigenvalue weighted by Gasteiger charge is -2.46. The van der Waals surface area contributed by atoms with E-state index < -0.39 is 5.66 Å². The van der Waals surface area contributed by atoms with Gasteiger partial charge < -0.3 is 10.2 Å². The molecule has 2 aromatic rings. The highest BCUT2D eigenvalue weighted by Gasteiger charge is 2.41. The van der Waals surface area contributed by atoms with Crippen molar-refractivity contribution < 1.29 is 4.79 Å². The minimum Gasteiger partial charge on any atom is -0.358 e. The van der Waals surface area contributed by atoms with Crippen molar-refractivity contribution in [2.45, 2.75) is 25.9 Å². The molecule has 0 aliphatic carbocycles. The predicted molar refractivity (Wildman–Crippen MR) is 90.2 cm³/mol. The van der Waals surface area contributed by atoms with E-state index in [1.165, 1.54) is 0 Å². The maximum absolute atomic E-state index is 12.9. The first-order valence-corrected chi connectivity index (χ1v) is 7.89. The number of hydrogen-bond donors (Lipinski definition) is 1. The van der Waals surface area contributed by atoms with Crippen molar-refractivity contribution in [1.29, 1.82) is 0 Å². The van der Waals surface area contributed by atoms with E-state index in [1.54, 1.807) is 0 Å². The molecule has 1 atom stereocenters. The van der Waals surface area contributed by atoms with Crippen LogP contribution in [-0.2, 0) is 5.66 Å².